The minimum absolute atomic E-state index is 0.0246. The zero-order valence-corrected chi connectivity index (χ0v) is 14.2. The van der Waals surface area contributed by atoms with Crippen molar-refractivity contribution in [2.24, 2.45) is 0 Å². The third-order valence-electron chi connectivity index (χ3n) is 2.98. The summed E-state index contributed by atoms with van der Waals surface area (Å²) in [5.41, 5.74) is 0.809. The van der Waals surface area contributed by atoms with E-state index in [0.717, 1.165) is 4.47 Å². The van der Waals surface area contributed by atoms with Crippen molar-refractivity contribution in [3.05, 3.63) is 40.9 Å². The van der Waals surface area contributed by atoms with Crippen molar-refractivity contribution >= 4 is 33.5 Å². The molecule has 0 saturated heterocycles. The molecule has 1 amide bonds. The Hall–Kier alpha value is -1.73. The van der Waals surface area contributed by atoms with Crippen LogP contribution in [0.1, 0.15) is 12.8 Å². The maximum absolute atomic E-state index is 12.4. The lowest BCUT2D eigenvalue weighted by Crippen LogP contribution is -2.35. The van der Waals surface area contributed by atoms with Crippen LogP contribution >= 0.6 is 15.9 Å². The molecule has 0 aliphatic carbocycles. The molecule has 1 aromatic carbocycles. The van der Waals surface area contributed by atoms with Crippen molar-refractivity contribution in [3.8, 4) is 0 Å². The molecule has 1 rings (SSSR count). The Labute approximate surface area is 142 Å². The number of carboxylic acid groups (broad SMARTS) is 1. The molecule has 0 bridgehead atoms. The molecule has 0 aromatic heterocycles. The highest BCUT2D eigenvalue weighted by atomic mass is 79.9. The summed E-state index contributed by atoms with van der Waals surface area (Å²) in [4.78, 5) is 24.3. The Bertz CT molecular complexity index is 565. The van der Waals surface area contributed by atoms with E-state index in [1.807, 2.05) is 6.07 Å². The number of carbonyl (C=O) groups is 2. The van der Waals surface area contributed by atoms with E-state index < -0.39 is 12.6 Å². The van der Waals surface area contributed by atoms with Crippen LogP contribution in [0.2, 0.25) is 0 Å². The first-order valence-corrected chi connectivity index (χ1v) is 7.85. The SMILES string of the molecule is C=C(CCF)C(=O)N(CCOCCC(=O)O)c1cccc(Br)c1. The molecule has 0 saturated carbocycles. The molecule has 7 heteroatoms. The maximum atomic E-state index is 12.4. The summed E-state index contributed by atoms with van der Waals surface area (Å²) in [7, 11) is 0. The molecular formula is C16H19BrFNO4. The average Bonchev–Trinajstić information content (AvgIpc) is 2.50. The fraction of sp³-hybridized carbons (Fsp3) is 0.375. The first kappa shape index (κ1) is 19.3. The van der Waals surface area contributed by atoms with Crippen LogP contribution < -0.4 is 4.90 Å². The lowest BCUT2D eigenvalue weighted by molar-refractivity contribution is -0.138. The van der Waals surface area contributed by atoms with Gasteiger partial charge in [0.2, 0.25) is 0 Å². The summed E-state index contributed by atoms with van der Waals surface area (Å²) in [5, 5.41) is 8.55. The first-order valence-electron chi connectivity index (χ1n) is 7.06. The van der Waals surface area contributed by atoms with Crippen LogP contribution in [0.3, 0.4) is 0 Å². The summed E-state index contributed by atoms with van der Waals surface area (Å²) in [5.74, 6) is -1.32. The lowest BCUT2D eigenvalue weighted by Gasteiger charge is -2.24. The van der Waals surface area contributed by atoms with Crippen molar-refractivity contribution in [3.63, 3.8) is 0 Å². The standard InChI is InChI=1S/C16H19BrFNO4/c1-12(5-7-18)16(22)19(8-10-23-9-6-15(20)21)14-4-2-3-13(17)11-14/h2-4,11H,1,5-10H2,(H,20,21). The first-order chi connectivity index (χ1) is 11.0. The second-order valence-corrected chi connectivity index (χ2v) is 5.65. The number of carbonyl (C=O) groups excluding carboxylic acids is 1. The highest BCUT2D eigenvalue weighted by molar-refractivity contribution is 9.10. The number of ether oxygens (including phenoxy) is 1. The lowest BCUT2D eigenvalue weighted by atomic mass is 10.2. The molecule has 0 unspecified atom stereocenters. The maximum Gasteiger partial charge on any atom is 0.305 e. The van der Waals surface area contributed by atoms with E-state index in [4.69, 9.17) is 9.84 Å². The minimum Gasteiger partial charge on any atom is -0.481 e. The summed E-state index contributed by atoms with van der Waals surface area (Å²) in [6.07, 6.45) is -0.122. The molecule has 0 aliphatic heterocycles. The highest BCUT2D eigenvalue weighted by Crippen LogP contribution is 2.21. The predicted molar refractivity (Wildman–Crippen MR) is 89.3 cm³/mol. The van der Waals surface area contributed by atoms with Gasteiger partial charge in [-0.15, -0.1) is 0 Å². The molecule has 5 nitrogen and oxygen atoms in total. The number of alkyl halides is 1. The molecule has 0 heterocycles. The summed E-state index contributed by atoms with van der Waals surface area (Å²) < 4.78 is 18.5. The van der Waals surface area contributed by atoms with Crippen molar-refractivity contribution in [1.82, 2.24) is 0 Å². The molecular weight excluding hydrogens is 369 g/mol. The van der Waals surface area contributed by atoms with Crippen LogP contribution in [0.5, 0.6) is 0 Å². The largest absolute Gasteiger partial charge is 0.481 e. The third kappa shape index (κ3) is 6.92. The quantitative estimate of drug-likeness (QED) is 0.494. The molecule has 0 aliphatic rings. The molecule has 0 radical (unpaired) electrons. The van der Waals surface area contributed by atoms with Gasteiger partial charge < -0.3 is 14.7 Å². The van der Waals surface area contributed by atoms with Crippen molar-refractivity contribution in [1.29, 1.82) is 0 Å². The smallest absolute Gasteiger partial charge is 0.305 e. The van der Waals surface area contributed by atoms with Crippen molar-refractivity contribution in [2.45, 2.75) is 12.8 Å². The second kappa shape index (κ2) is 10.1. The number of rotatable bonds is 10. The highest BCUT2D eigenvalue weighted by Gasteiger charge is 2.18. The van der Waals surface area contributed by atoms with Gasteiger partial charge in [0, 0.05) is 28.7 Å². The van der Waals surface area contributed by atoms with E-state index in [1.54, 1.807) is 18.2 Å². The van der Waals surface area contributed by atoms with E-state index in [0.29, 0.717) is 5.69 Å². The molecule has 1 aromatic rings. The Balaban J connectivity index is 2.74. The van der Waals surface area contributed by atoms with Gasteiger partial charge in [0.05, 0.1) is 26.3 Å². The number of hydrogen-bond donors (Lipinski definition) is 1. The van der Waals surface area contributed by atoms with E-state index in [1.165, 1.54) is 4.90 Å². The summed E-state index contributed by atoms with van der Waals surface area (Å²) in [6, 6.07) is 7.12. The van der Waals surface area contributed by atoms with E-state index >= 15 is 0 Å². The van der Waals surface area contributed by atoms with Gasteiger partial charge in [-0.25, -0.2) is 0 Å². The third-order valence-corrected chi connectivity index (χ3v) is 3.48. The number of anilines is 1. The number of halogens is 2. The molecule has 0 atom stereocenters. The van der Waals surface area contributed by atoms with E-state index in [2.05, 4.69) is 22.5 Å². The number of nitrogens with zero attached hydrogens (tertiary/aromatic N) is 1. The molecule has 23 heavy (non-hydrogen) atoms. The number of aliphatic carboxylic acids is 1. The van der Waals surface area contributed by atoms with Gasteiger partial charge in [-0.3, -0.25) is 14.0 Å². The molecule has 1 N–H and O–H groups in total. The predicted octanol–water partition coefficient (Wildman–Crippen LogP) is 3.19. The second-order valence-electron chi connectivity index (χ2n) is 4.74. The van der Waals surface area contributed by atoms with Crippen LogP contribution in [0.4, 0.5) is 10.1 Å². The van der Waals surface area contributed by atoms with Crippen LogP contribution in [0.15, 0.2) is 40.9 Å². The zero-order chi connectivity index (χ0) is 17.2. The van der Waals surface area contributed by atoms with Gasteiger partial charge in [0.25, 0.3) is 5.91 Å². The number of amides is 1. The van der Waals surface area contributed by atoms with Gasteiger partial charge >= 0.3 is 5.97 Å². The van der Waals surface area contributed by atoms with Gasteiger partial charge in [0.1, 0.15) is 0 Å². The number of benzene rings is 1. The Morgan fingerprint density at radius 1 is 1.30 bits per heavy atom. The normalized spacial score (nSPS) is 10.3. The Morgan fingerprint density at radius 3 is 2.65 bits per heavy atom. The van der Waals surface area contributed by atoms with Crippen LogP contribution in [-0.2, 0) is 14.3 Å². The fourth-order valence-corrected chi connectivity index (χ4v) is 2.21. The van der Waals surface area contributed by atoms with Gasteiger partial charge in [-0.1, -0.05) is 28.6 Å². The summed E-state index contributed by atoms with van der Waals surface area (Å²) >= 11 is 3.34. The Morgan fingerprint density at radius 2 is 2.04 bits per heavy atom. The molecule has 126 valence electrons. The van der Waals surface area contributed by atoms with Gasteiger partial charge in [-0.2, -0.15) is 0 Å². The number of hydrogen-bond acceptors (Lipinski definition) is 3. The fourth-order valence-electron chi connectivity index (χ4n) is 1.82. The van der Waals surface area contributed by atoms with E-state index in [9.17, 15) is 14.0 Å². The average molecular weight is 388 g/mol. The molecule has 0 spiro atoms. The van der Waals surface area contributed by atoms with Gasteiger partial charge in [-0.05, 0) is 18.2 Å². The number of carboxylic acids is 1. The monoisotopic (exact) mass is 387 g/mol. The van der Waals surface area contributed by atoms with E-state index in [-0.39, 0.29) is 44.1 Å². The van der Waals surface area contributed by atoms with Crippen LogP contribution in [0.25, 0.3) is 0 Å². The van der Waals surface area contributed by atoms with Crippen LogP contribution in [0, 0.1) is 0 Å². The Kier molecular flexibility index (Phi) is 8.50. The van der Waals surface area contributed by atoms with Crippen molar-refractivity contribution in [2.75, 3.05) is 31.3 Å². The topological polar surface area (TPSA) is 66.8 Å². The zero-order valence-electron chi connectivity index (χ0n) is 12.6. The van der Waals surface area contributed by atoms with Gasteiger partial charge in [0.15, 0.2) is 0 Å². The minimum atomic E-state index is -0.943. The van der Waals surface area contributed by atoms with Crippen molar-refractivity contribution < 1.29 is 23.8 Å². The summed E-state index contributed by atoms with van der Waals surface area (Å²) in [6.45, 7) is 3.44. The van der Waals surface area contributed by atoms with Crippen LogP contribution in [-0.4, -0.2) is 43.4 Å². The molecule has 0 fully saturated rings.